The number of aromatic nitrogens is 2. The van der Waals surface area contributed by atoms with Gasteiger partial charge in [0.25, 0.3) is 0 Å². The van der Waals surface area contributed by atoms with Crippen LogP contribution < -0.4 is 10.6 Å². The Morgan fingerprint density at radius 1 is 1.27 bits per heavy atom. The van der Waals surface area contributed by atoms with E-state index in [1.807, 2.05) is 25.8 Å². The molecule has 3 rings (SSSR count). The number of rotatable bonds is 3. The molecule has 0 aliphatic carbocycles. The van der Waals surface area contributed by atoms with Gasteiger partial charge in [0, 0.05) is 33.6 Å². The van der Waals surface area contributed by atoms with Crippen LogP contribution in [-0.2, 0) is 16.6 Å². The van der Waals surface area contributed by atoms with Crippen molar-refractivity contribution in [2.45, 2.75) is 58.2 Å². The Balaban J connectivity index is 1.52. The maximum absolute atomic E-state index is 12.6. The van der Waals surface area contributed by atoms with Gasteiger partial charge in [-0.3, -0.25) is 9.48 Å². The normalized spacial score (nSPS) is 21.8. The molecule has 1 aromatic heterocycles. The number of urea groups is 1. The number of aryl methyl sites for hydroxylation is 2. The number of nitrogens with zero attached hydrogens (tertiary/aromatic N) is 3. The average molecular weight is 363 g/mol. The van der Waals surface area contributed by atoms with E-state index in [2.05, 4.69) is 15.7 Å². The lowest BCUT2D eigenvalue weighted by Gasteiger charge is -2.39. The number of amides is 3. The van der Waals surface area contributed by atoms with E-state index in [9.17, 15) is 9.59 Å². The quantitative estimate of drug-likeness (QED) is 0.856. The van der Waals surface area contributed by atoms with E-state index in [4.69, 9.17) is 4.74 Å². The molecule has 0 aromatic carbocycles. The van der Waals surface area contributed by atoms with Gasteiger partial charge in [-0.05, 0) is 39.5 Å². The number of piperidine rings is 1. The van der Waals surface area contributed by atoms with E-state index in [1.165, 1.54) is 6.92 Å². The van der Waals surface area contributed by atoms with Crippen molar-refractivity contribution in [3.63, 3.8) is 0 Å². The summed E-state index contributed by atoms with van der Waals surface area (Å²) in [5.74, 6) is -0.0259. The van der Waals surface area contributed by atoms with Crippen LogP contribution in [0.1, 0.15) is 44.0 Å². The lowest BCUT2D eigenvalue weighted by Crippen LogP contribution is -2.48. The summed E-state index contributed by atoms with van der Waals surface area (Å²) in [6.45, 7) is 7.29. The van der Waals surface area contributed by atoms with Gasteiger partial charge in [-0.15, -0.1) is 0 Å². The first kappa shape index (κ1) is 18.7. The molecule has 2 aliphatic heterocycles. The van der Waals surface area contributed by atoms with Gasteiger partial charge < -0.3 is 20.3 Å². The molecule has 1 spiro atoms. The molecule has 3 amide bonds. The van der Waals surface area contributed by atoms with Crippen molar-refractivity contribution < 1.29 is 14.3 Å². The summed E-state index contributed by atoms with van der Waals surface area (Å²) in [7, 11) is 1.87. The maximum atomic E-state index is 12.6. The highest BCUT2D eigenvalue weighted by molar-refractivity contribution is 5.90. The molecule has 1 atom stereocenters. The fourth-order valence-electron chi connectivity index (χ4n) is 3.92. The molecule has 26 heavy (non-hydrogen) atoms. The summed E-state index contributed by atoms with van der Waals surface area (Å²) in [6, 6.07) is -0.0770. The third-order valence-corrected chi connectivity index (χ3v) is 5.62. The van der Waals surface area contributed by atoms with Crippen LogP contribution in [0.5, 0.6) is 0 Å². The Morgan fingerprint density at radius 3 is 2.54 bits per heavy atom. The number of hydrogen-bond acceptors (Lipinski definition) is 4. The third-order valence-electron chi connectivity index (χ3n) is 5.62. The van der Waals surface area contributed by atoms with Crippen LogP contribution >= 0.6 is 0 Å². The predicted molar refractivity (Wildman–Crippen MR) is 98.0 cm³/mol. The first-order chi connectivity index (χ1) is 12.3. The van der Waals surface area contributed by atoms with Gasteiger partial charge >= 0.3 is 6.03 Å². The second-order valence-electron chi connectivity index (χ2n) is 7.49. The van der Waals surface area contributed by atoms with Crippen molar-refractivity contribution in [1.29, 1.82) is 0 Å². The molecule has 0 saturated carbocycles. The fourth-order valence-corrected chi connectivity index (χ4v) is 3.92. The molecule has 0 unspecified atom stereocenters. The molecule has 2 aliphatic rings. The molecule has 2 fully saturated rings. The first-order valence-corrected chi connectivity index (χ1v) is 9.28. The Kier molecular flexibility index (Phi) is 5.22. The predicted octanol–water partition coefficient (Wildman–Crippen LogP) is 1.72. The van der Waals surface area contributed by atoms with Crippen molar-refractivity contribution >= 4 is 17.6 Å². The molecule has 1 aromatic rings. The number of nitrogens with one attached hydrogen (secondary N) is 2. The summed E-state index contributed by atoms with van der Waals surface area (Å²) >= 11 is 0. The van der Waals surface area contributed by atoms with E-state index in [-0.39, 0.29) is 23.6 Å². The Morgan fingerprint density at radius 2 is 1.96 bits per heavy atom. The number of ether oxygens (including phenoxy) is 1. The van der Waals surface area contributed by atoms with Gasteiger partial charge in [0.05, 0.1) is 28.8 Å². The van der Waals surface area contributed by atoms with Gasteiger partial charge in [-0.1, -0.05) is 0 Å². The topological polar surface area (TPSA) is 88.5 Å². The van der Waals surface area contributed by atoms with Gasteiger partial charge in [0.2, 0.25) is 5.91 Å². The third kappa shape index (κ3) is 3.85. The first-order valence-electron chi connectivity index (χ1n) is 9.28. The van der Waals surface area contributed by atoms with Crippen molar-refractivity contribution in [2.75, 3.05) is 25.0 Å². The van der Waals surface area contributed by atoms with Crippen LogP contribution in [0.15, 0.2) is 0 Å². The highest BCUT2D eigenvalue weighted by atomic mass is 16.5. The number of carbonyl (C=O) groups is 2. The summed E-state index contributed by atoms with van der Waals surface area (Å²) < 4.78 is 8.02. The molecular weight excluding hydrogens is 334 g/mol. The zero-order valence-electron chi connectivity index (χ0n) is 16.1. The van der Waals surface area contributed by atoms with Crippen LogP contribution in [0.25, 0.3) is 0 Å². The van der Waals surface area contributed by atoms with Crippen molar-refractivity contribution in [2.24, 2.45) is 7.05 Å². The van der Waals surface area contributed by atoms with Gasteiger partial charge in [0.15, 0.2) is 0 Å². The zero-order valence-corrected chi connectivity index (χ0v) is 16.1. The number of anilines is 1. The number of hydrogen-bond donors (Lipinski definition) is 2. The standard InChI is InChI=1S/C18H29N5O3/c1-12-16(13(2)22(4)21-12)20-17(25)23-9-7-18(8-10-23)6-5-15(26-18)11-19-14(3)24/h15H,5-11H2,1-4H3,(H,19,24)(H,20,25)/t15-/m0/s1. The van der Waals surface area contributed by atoms with Crippen LogP contribution in [0.4, 0.5) is 10.5 Å². The average Bonchev–Trinajstić information content (AvgIpc) is 3.10. The van der Waals surface area contributed by atoms with Crippen LogP contribution in [-0.4, -0.2) is 58.0 Å². The maximum Gasteiger partial charge on any atom is 0.321 e. The van der Waals surface area contributed by atoms with Crippen LogP contribution in [0.2, 0.25) is 0 Å². The fraction of sp³-hybridized carbons (Fsp3) is 0.722. The number of carbonyl (C=O) groups excluding carboxylic acids is 2. The second-order valence-corrected chi connectivity index (χ2v) is 7.49. The molecule has 8 nitrogen and oxygen atoms in total. The largest absolute Gasteiger partial charge is 0.370 e. The molecule has 3 heterocycles. The second kappa shape index (κ2) is 7.26. The molecule has 0 radical (unpaired) electrons. The SMILES string of the molecule is CC(=O)NC[C@@H]1CCC2(CCN(C(=O)Nc3c(C)nn(C)c3C)CC2)O1. The minimum absolute atomic E-state index is 0.0259. The molecule has 2 N–H and O–H groups in total. The lowest BCUT2D eigenvalue weighted by atomic mass is 9.88. The summed E-state index contributed by atoms with van der Waals surface area (Å²) in [5.41, 5.74) is 2.43. The van der Waals surface area contributed by atoms with E-state index in [0.29, 0.717) is 19.6 Å². The number of likely N-dealkylation sites (tertiary alicyclic amines) is 1. The zero-order chi connectivity index (χ0) is 18.9. The van der Waals surface area contributed by atoms with Gasteiger partial charge in [-0.25, -0.2) is 4.79 Å². The van der Waals surface area contributed by atoms with Crippen LogP contribution in [0.3, 0.4) is 0 Å². The Labute approximate surface area is 154 Å². The highest BCUT2D eigenvalue weighted by Crippen LogP contribution is 2.38. The van der Waals surface area contributed by atoms with Gasteiger partial charge in [0.1, 0.15) is 0 Å². The molecule has 144 valence electrons. The Bertz CT molecular complexity index is 691. The van der Waals surface area contributed by atoms with E-state index in [1.54, 1.807) is 4.68 Å². The van der Waals surface area contributed by atoms with Gasteiger partial charge in [-0.2, -0.15) is 5.10 Å². The smallest absolute Gasteiger partial charge is 0.321 e. The summed E-state index contributed by atoms with van der Waals surface area (Å²) in [6.07, 6.45) is 3.71. The highest BCUT2D eigenvalue weighted by Gasteiger charge is 2.43. The molecular formula is C18H29N5O3. The lowest BCUT2D eigenvalue weighted by molar-refractivity contribution is -0.120. The monoisotopic (exact) mass is 363 g/mol. The molecule has 2 saturated heterocycles. The van der Waals surface area contributed by atoms with Crippen molar-refractivity contribution in [1.82, 2.24) is 20.0 Å². The van der Waals surface area contributed by atoms with Crippen molar-refractivity contribution in [3.05, 3.63) is 11.4 Å². The summed E-state index contributed by atoms with van der Waals surface area (Å²) in [5, 5.41) is 10.2. The minimum Gasteiger partial charge on any atom is -0.370 e. The molecule has 8 heteroatoms. The van der Waals surface area contributed by atoms with E-state index >= 15 is 0 Å². The van der Waals surface area contributed by atoms with Crippen molar-refractivity contribution in [3.8, 4) is 0 Å². The molecule has 0 bridgehead atoms. The van der Waals surface area contributed by atoms with E-state index in [0.717, 1.165) is 42.8 Å². The minimum atomic E-state index is -0.139. The Hall–Kier alpha value is -2.09. The van der Waals surface area contributed by atoms with E-state index < -0.39 is 0 Å². The van der Waals surface area contributed by atoms with Crippen LogP contribution in [0, 0.1) is 13.8 Å². The summed E-state index contributed by atoms with van der Waals surface area (Å²) in [4.78, 5) is 25.5.